The van der Waals surface area contributed by atoms with E-state index < -0.39 is 0 Å². The van der Waals surface area contributed by atoms with Crippen molar-refractivity contribution in [2.45, 2.75) is 91.6 Å². The predicted molar refractivity (Wildman–Crippen MR) is 101 cm³/mol. The highest BCUT2D eigenvalue weighted by Gasteiger charge is 2.59. The molecule has 0 N–H and O–H groups in total. The van der Waals surface area contributed by atoms with Crippen molar-refractivity contribution < 1.29 is 9.53 Å². The Hall–Kier alpha value is -0.790. The van der Waals surface area contributed by atoms with Crippen molar-refractivity contribution in [3.63, 3.8) is 0 Å². The molecule has 0 aromatic carbocycles. The molecule has 0 aromatic heterocycles. The summed E-state index contributed by atoms with van der Waals surface area (Å²) in [7, 11) is 0. The van der Waals surface area contributed by atoms with Crippen LogP contribution in [0.4, 0.5) is 0 Å². The van der Waals surface area contributed by atoms with Gasteiger partial charge in [-0.3, -0.25) is 4.79 Å². The molecule has 0 heterocycles. The predicted octanol–water partition coefficient (Wildman–Crippen LogP) is 5.91. The maximum atomic E-state index is 11.4. The Labute approximate surface area is 153 Å². The molecule has 140 valence electrons. The summed E-state index contributed by atoms with van der Waals surface area (Å²) in [6.07, 6.45) is 14.4. The first-order valence-corrected chi connectivity index (χ1v) is 10.7. The van der Waals surface area contributed by atoms with Gasteiger partial charge in [0.1, 0.15) is 6.10 Å². The normalized spacial score (nSPS) is 50.7. The molecule has 25 heavy (non-hydrogen) atoms. The summed E-state index contributed by atoms with van der Waals surface area (Å²) in [5, 5.41) is 0. The van der Waals surface area contributed by atoms with Crippen LogP contribution in [0.25, 0.3) is 0 Å². The van der Waals surface area contributed by atoms with E-state index in [0.29, 0.717) is 10.8 Å². The Balaban J connectivity index is 1.55. The van der Waals surface area contributed by atoms with E-state index in [4.69, 9.17) is 4.74 Å². The first-order chi connectivity index (χ1) is 11.9. The van der Waals surface area contributed by atoms with Crippen LogP contribution in [0.5, 0.6) is 0 Å². The lowest BCUT2D eigenvalue weighted by Crippen LogP contribution is -2.53. The van der Waals surface area contributed by atoms with Gasteiger partial charge in [-0.2, -0.15) is 0 Å². The third-order valence-electron chi connectivity index (χ3n) is 9.15. The second kappa shape index (κ2) is 6.13. The maximum Gasteiger partial charge on any atom is 0.302 e. The average Bonchev–Trinajstić information content (AvgIpc) is 2.91. The average molecular weight is 345 g/mol. The Morgan fingerprint density at radius 3 is 2.60 bits per heavy atom. The zero-order valence-electron chi connectivity index (χ0n) is 16.6. The van der Waals surface area contributed by atoms with Crippen LogP contribution >= 0.6 is 0 Å². The first kappa shape index (κ1) is 17.6. The van der Waals surface area contributed by atoms with Crippen LogP contribution in [0.15, 0.2) is 11.6 Å². The third-order valence-corrected chi connectivity index (χ3v) is 9.15. The highest BCUT2D eigenvalue weighted by Crippen LogP contribution is 2.67. The van der Waals surface area contributed by atoms with Crippen LogP contribution < -0.4 is 0 Å². The van der Waals surface area contributed by atoms with E-state index in [0.717, 1.165) is 36.5 Å². The molecule has 0 saturated heterocycles. The number of esters is 1. The molecular weight excluding hydrogens is 308 g/mol. The fraction of sp³-hybridized carbons (Fsp3) is 0.870. The van der Waals surface area contributed by atoms with Crippen molar-refractivity contribution in [3.8, 4) is 0 Å². The maximum absolute atomic E-state index is 11.4. The van der Waals surface area contributed by atoms with Crippen molar-refractivity contribution in [2.24, 2.45) is 34.5 Å². The zero-order valence-corrected chi connectivity index (χ0v) is 16.6. The molecule has 0 aromatic rings. The number of allylic oxidation sites excluding steroid dienone is 2. The number of ether oxygens (including phenoxy) is 1. The van der Waals surface area contributed by atoms with E-state index in [9.17, 15) is 4.79 Å². The van der Waals surface area contributed by atoms with Crippen LogP contribution in [0.2, 0.25) is 0 Å². The van der Waals surface area contributed by atoms with E-state index >= 15 is 0 Å². The van der Waals surface area contributed by atoms with Gasteiger partial charge in [-0.05, 0) is 99.2 Å². The molecule has 0 unspecified atom stereocenters. The molecule has 7 atom stereocenters. The standard InChI is InChI=1S/C23H36O2/c1-5-16-7-9-20-19-8-6-17-14-18(25-15(2)24)10-12-23(17,4)21(19)11-13-22(16,20)3/h5,17-21H,6-14H2,1-4H3/b16-5-/t17-,18+,19+,20+,21+,22+,23-/m0/s1. The molecule has 4 aliphatic rings. The minimum Gasteiger partial charge on any atom is -0.463 e. The number of hydrogen-bond acceptors (Lipinski definition) is 2. The summed E-state index contributed by atoms with van der Waals surface area (Å²) >= 11 is 0. The summed E-state index contributed by atoms with van der Waals surface area (Å²) in [4.78, 5) is 11.4. The third kappa shape index (κ3) is 2.61. The van der Waals surface area contributed by atoms with Crippen LogP contribution in [0.1, 0.15) is 85.5 Å². The number of carbonyl (C=O) groups is 1. The Bertz CT molecular complexity index is 579. The summed E-state index contributed by atoms with van der Waals surface area (Å²) in [5.74, 6) is 3.42. The molecule has 4 fully saturated rings. The van der Waals surface area contributed by atoms with Gasteiger partial charge >= 0.3 is 5.97 Å². The molecule has 2 heteroatoms. The largest absolute Gasteiger partial charge is 0.463 e. The van der Waals surface area contributed by atoms with Gasteiger partial charge in [0.25, 0.3) is 0 Å². The monoisotopic (exact) mass is 344 g/mol. The summed E-state index contributed by atoms with van der Waals surface area (Å²) in [6.45, 7) is 8.98. The molecule has 2 nitrogen and oxygen atoms in total. The van der Waals surface area contributed by atoms with Gasteiger partial charge in [0.2, 0.25) is 0 Å². The van der Waals surface area contributed by atoms with Gasteiger partial charge in [0, 0.05) is 6.92 Å². The van der Waals surface area contributed by atoms with E-state index in [2.05, 4.69) is 26.8 Å². The van der Waals surface area contributed by atoms with Gasteiger partial charge < -0.3 is 4.74 Å². The lowest BCUT2D eigenvalue weighted by Gasteiger charge is -2.60. The van der Waals surface area contributed by atoms with E-state index in [-0.39, 0.29) is 12.1 Å². The number of carbonyl (C=O) groups excluding carboxylic acids is 1. The quantitative estimate of drug-likeness (QED) is 0.437. The first-order valence-electron chi connectivity index (χ1n) is 10.7. The second-order valence-electron chi connectivity index (χ2n) is 9.97. The van der Waals surface area contributed by atoms with E-state index in [1.807, 2.05) is 0 Å². The molecule has 0 amide bonds. The molecule has 0 bridgehead atoms. The van der Waals surface area contributed by atoms with Crippen molar-refractivity contribution in [3.05, 3.63) is 11.6 Å². The molecule has 4 rings (SSSR count). The summed E-state index contributed by atoms with van der Waals surface area (Å²) < 4.78 is 5.59. The molecule has 0 radical (unpaired) electrons. The molecule has 4 aliphatic carbocycles. The Kier molecular flexibility index (Phi) is 4.32. The smallest absolute Gasteiger partial charge is 0.302 e. The number of rotatable bonds is 1. The highest BCUT2D eigenvalue weighted by atomic mass is 16.5. The van der Waals surface area contributed by atoms with Crippen molar-refractivity contribution in [2.75, 3.05) is 0 Å². The molecule has 4 saturated carbocycles. The summed E-state index contributed by atoms with van der Waals surface area (Å²) in [6, 6.07) is 0. The van der Waals surface area contributed by atoms with Gasteiger partial charge in [-0.25, -0.2) is 0 Å². The van der Waals surface area contributed by atoms with Crippen LogP contribution in [0, 0.1) is 34.5 Å². The van der Waals surface area contributed by atoms with E-state index in [1.165, 1.54) is 44.9 Å². The van der Waals surface area contributed by atoms with Crippen LogP contribution in [-0.4, -0.2) is 12.1 Å². The molecule has 0 aliphatic heterocycles. The second-order valence-corrected chi connectivity index (χ2v) is 9.97. The van der Waals surface area contributed by atoms with Gasteiger partial charge in [0.15, 0.2) is 0 Å². The van der Waals surface area contributed by atoms with Gasteiger partial charge in [0.05, 0.1) is 0 Å². The highest BCUT2D eigenvalue weighted by molar-refractivity contribution is 5.66. The SMILES string of the molecule is C/C=C1/CC[C@@H]2[C@H]3CC[C@H]4C[C@H](OC(C)=O)CC[C@]4(C)[C@@H]3CC[C@]12C. The Morgan fingerprint density at radius 1 is 1.08 bits per heavy atom. The van der Waals surface area contributed by atoms with Crippen molar-refractivity contribution in [1.29, 1.82) is 0 Å². The fourth-order valence-electron chi connectivity index (χ4n) is 7.88. The van der Waals surface area contributed by atoms with Gasteiger partial charge in [-0.1, -0.05) is 25.5 Å². The summed E-state index contributed by atoms with van der Waals surface area (Å²) in [5.41, 5.74) is 2.73. The van der Waals surface area contributed by atoms with Crippen LogP contribution in [-0.2, 0) is 9.53 Å². The number of fused-ring (bicyclic) bond motifs is 5. The number of hydrogen-bond donors (Lipinski definition) is 0. The van der Waals surface area contributed by atoms with E-state index in [1.54, 1.807) is 12.5 Å². The molecular formula is C23H36O2. The van der Waals surface area contributed by atoms with Crippen LogP contribution in [0.3, 0.4) is 0 Å². The minimum atomic E-state index is -0.0967. The fourth-order valence-corrected chi connectivity index (χ4v) is 7.88. The lowest BCUT2D eigenvalue weighted by molar-refractivity contribution is -0.158. The Morgan fingerprint density at radius 2 is 1.88 bits per heavy atom. The molecule has 0 spiro atoms. The minimum absolute atomic E-state index is 0.0967. The van der Waals surface area contributed by atoms with Crippen molar-refractivity contribution >= 4 is 5.97 Å². The van der Waals surface area contributed by atoms with Crippen molar-refractivity contribution in [1.82, 2.24) is 0 Å². The van der Waals surface area contributed by atoms with Gasteiger partial charge in [-0.15, -0.1) is 0 Å². The topological polar surface area (TPSA) is 26.3 Å². The lowest BCUT2D eigenvalue weighted by atomic mass is 9.45. The zero-order chi connectivity index (χ0) is 17.8.